The molecule has 4 rings (SSSR count). The molecule has 0 saturated carbocycles. The molecule has 0 unspecified atom stereocenters. The second kappa shape index (κ2) is 9.38. The average molecular weight is 562 g/mol. The number of nitrogens with zero attached hydrogens (tertiary/aromatic N) is 2. The number of anilines is 2. The van der Waals surface area contributed by atoms with Gasteiger partial charge >= 0.3 is 24.7 Å². The minimum atomic E-state index is -5.01. The molecule has 208 valence electrons. The molecule has 1 saturated heterocycles. The van der Waals surface area contributed by atoms with Crippen LogP contribution in [0.4, 0.5) is 55.7 Å². The van der Waals surface area contributed by atoms with E-state index in [0.717, 1.165) is 70.5 Å². The fourth-order valence-electron chi connectivity index (χ4n) is 4.65. The van der Waals surface area contributed by atoms with Crippen molar-refractivity contribution in [3.8, 4) is 5.75 Å². The Morgan fingerprint density at radius 2 is 1.21 bits per heavy atom. The van der Waals surface area contributed by atoms with E-state index in [-0.39, 0.29) is 16.9 Å². The molecule has 0 radical (unpaired) electrons. The van der Waals surface area contributed by atoms with Crippen molar-refractivity contribution in [2.24, 2.45) is 0 Å². The number of carbonyl (C=O) groups excluding carboxylic acids is 1. The highest BCUT2D eigenvalue weighted by atomic mass is 19.4. The van der Waals surface area contributed by atoms with Crippen LogP contribution in [0.25, 0.3) is 0 Å². The van der Waals surface area contributed by atoms with E-state index in [4.69, 9.17) is 0 Å². The largest absolute Gasteiger partial charge is 0.573 e. The highest BCUT2D eigenvalue weighted by molar-refractivity contribution is 6.08. The monoisotopic (exact) mass is 562 g/mol. The van der Waals surface area contributed by atoms with Crippen LogP contribution in [0.2, 0.25) is 0 Å². The maximum absolute atomic E-state index is 13.8. The van der Waals surface area contributed by atoms with E-state index >= 15 is 0 Å². The smallest absolute Gasteiger partial charge is 0.406 e. The summed E-state index contributed by atoms with van der Waals surface area (Å²) in [6.45, 7) is 3.07. The second-order valence-electron chi connectivity index (χ2n) is 9.25. The number of halogens is 9. The Labute approximate surface area is 216 Å². The SMILES string of the molecule is CC1(C)[C@@H](c2cccc(OC(F)(F)F)c2)N(c2ccc(C(F)(F)F)cc2)C(=O)N1c1ccc(C(F)(F)F)cc1. The van der Waals surface area contributed by atoms with Crippen molar-refractivity contribution >= 4 is 17.4 Å². The minimum absolute atomic E-state index is 0.0115. The van der Waals surface area contributed by atoms with Gasteiger partial charge in [-0.1, -0.05) is 12.1 Å². The van der Waals surface area contributed by atoms with Crippen molar-refractivity contribution in [1.29, 1.82) is 0 Å². The van der Waals surface area contributed by atoms with E-state index in [9.17, 15) is 44.3 Å². The number of hydrogen-bond donors (Lipinski definition) is 0. The first-order valence-corrected chi connectivity index (χ1v) is 11.2. The Balaban J connectivity index is 1.85. The normalized spacial score (nSPS) is 18.0. The molecular formula is C26H19F9N2O2. The van der Waals surface area contributed by atoms with Crippen LogP contribution in [0.15, 0.2) is 72.8 Å². The number of urea groups is 1. The summed E-state index contributed by atoms with van der Waals surface area (Å²) in [5.74, 6) is -0.594. The van der Waals surface area contributed by atoms with E-state index in [1.165, 1.54) is 26.0 Å². The first kappa shape index (κ1) is 28.1. The fourth-order valence-corrected chi connectivity index (χ4v) is 4.65. The van der Waals surface area contributed by atoms with Crippen LogP contribution in [0.5, 0.6) is 5.75 Å². The van der Waals surface area contributed by atoms with Gasteiger partial charge in [0.25, 0.3) is 0 Å². The van der Waals surface area contributed by atoms with Gasteiger partial charge in [0.05, 0.1) is 22.7 Å². The number of rotatable bonds is 4. The molecule has 0 spiro atoms. The number of benzene rings is 3. The third-order valence-corrected chi connectivity index (χ3v) is 6.23. The third-order valence-electron chi connectivity index (χ3n) is 6.23. The summed E-state index contributed by atoms with van der Waals surface area (Å²) in [5.41, 5.74) is -3.11. The summed E-state index contributed by atoms with van der Waals surface area (Å²) in [5, 5.41) is 0. The molecule has 0 aromatic heterocycles. The predicted octanol–water partition coefficient (Wildman–Crippen LogP) is 8.59. The highest BCUT2D eigenvalue weighted by Gasteiger charge is 2.53. The van der Waals surface area contributed by atoms with Crippen molar-refractivity contribution in [3.63, 3.8) is 0 Å². The van der Waals surface area contributed by atoms with Crippen LogP contribution in [0, 0.1) is 0 Å². The van der Waals surface area contributed by atoms with Gasteiger partial charge in [0.15, 0.2) is 0 Å². The Morgan fingerprint density at radius 3 is 1.67 bits per heavy atom. The van der Waals surface area contributed by atoms with E-state index in [1.807, 2.05) is 0 Å². The Morgan fingerprint density at radius 1 is 0.718 bits per heavy atom. The molecule has 4 nitrogen and oxygen atoms in total. The molecule has 0 aliphatic carbocycles. The molecule has 13 heteroatoms. The molecule has 3 aromatic carbocycles. The van der Waals surface area contributed by atoms with E-state index in [1.54, 1.807) is 0 Å². The Bertz CT molecular complexity index is 1350. The van der Waals surface area contributed by atoms with Gasteiger partial charge in [0.1, 0.15) is 5.75 Å². The van der Waals surface area contributed by atoms with Gasteiger partial charge in [0.2, 0.25) is 0 Å². The second-order valence-corrected chi connectivity index (χ2v) is 9.25. The summed E-state index contributed by atoms with van der Waals surface area (Å²) in [6.07, 6.45) is -14.3. The maximum atomic E-state index is 13.8. The van der Waals surface area contributed by atoms with Gasteiger partial charge in [-0.2, -0.15) is 26.3 Å². The first-order valence-electron chi connectivity index (χ1n) is 11.2. The van der Waals surface area contributed by atoms with E-state index < -0.39 is 53.2 Å². The van der Waals surface area contributed by atoms with Crippen molar-refractivity contribution in [2.75, 3.05) is 9.80 Å². The molecule has 0 bridgehead atoms. The van der Waals surface area contributed by atoms with E-state index in [2.05, 4.69) is 4.74 Å². The number of ether oxygens (including phenoxy) is 1. The van der Waals surface area contributed by atoms with E-state index in [0.29, 0.717) is 0 Å². The van der Waals surface area contributed by atoms with Crippen LogP contribution in [-0.4, -0.2) is 17.9 Å². The fraction of sp³-hybridized carbons (Fsp3) is 0.269. The molecule has 3 aromatic rings. The zero-order valence-electron chi connectivity index (χ0n) is 20.1. The predicted molar refractivity (Wildman–Crippen MR) is 123 cm³/mol. The molecule has 1 aliphatic heterocycles. The maximum Gasteiger partial charge on any atom is 0.573 e. The topological polar surface area (TPSA) is 32.8 Å². The Hall–Kier alpha value is -3.90. The molecule has 1 atom stereocenters. The lowest BCUT2D eigenvalue weighted by Crippen LogP contribution is -2.43. The zero-order chi connectivity index (χ0) is 29.0. The van der Waals surface area contributed by atoms with Gasteiger partial charge in [-0.25, -0.2) is 4.79 Å². The van der Waals surface area contributed by atoms with Gasteiger partial charge < -0.3 is 4.74 Å². The molecular weight excluding hydrogens is 543 g/mol. The highest BCUT2D eigenvalue weighted by Crippen LogP contribution is 2.49. The van der Waals surface area contributed by atoms with Crippen LogP contribution in [-0.2, 0) is 12.4 Å². The third kappa shape index (κ3) is 5.62. The van der Waals surface area contributed by atoms with Gasteiger partial charge in [-0.15, -0.1) is 13.2 Å². The summed E-state index contributed by atoms with van der Waals surface area (Å²) in [7, 11) is 0. The van der Waals surface area contributed by atoms with Crippen molar-refractivity contribution in [2.45, 2.75) is 44.1 Å². The number of amides is 2. The van der Waals surface area contributed by atoms with Crippen LogP contribution >= 0.6 is 0 Å². The zero-order valence-corrected chi connectivity index (χ0v) is 20.1. The standard InChI is InChI=1S/C26H19F9N2O2/c1-23(2)21(15-4-3-5-20(14-15)39-26(33,34)35)36(18-10-6-16(7-11-18)24(27,28)29)22(38)37(23)19-12-8-17(9-13-19)25(30,31)32/h3-14,21H,1-2H3/t21-/m1/s1. The van der Waals surface area contributed by atoms with Gasteiger partial charge in [-0.3, -0.25) is 9.80 Å². The van der Waals surface area contributed by atoms with Gasteiger partial charge in [0, 0.05) is 11.4 Å². The lowest BCUT2D eigenvalue weighted by atomic mass is 9.87. The lowest BCUT2D eigenvalue weighted by molar-refractivity contribution is -0.274. The molecule has 1 heterocycles. The number of alkyl halides is 9. The Kier molecular flexibility index (Phi) is 6.76. The molecule has 1 fully saturated rings. The first-order chi connectivity index (χ1) is 17.9. The number of hydrogen-bond acceptors (Lipinski definition) is 2. The van der Waals surface area contributed by atoms with Gasteiger partial charge in [-0.05, 0) is 80.1 Å². The van der Waals surface area contributed by atoms with Crippen LogP contribution in [0.1, 0.15) is 36.6 Å². The van der Waals surface area contributed by atoms with Crippen molar-refractivity contribution in [1.82, 2.24) is 0 Å². The summed E-state index contributed by atoms with van der Waals surface area (Å²) < 4.78 is 121. The minimum Gasteiger partial charge on any atom is -0.406 e. The molecule has 2 amide bonds. The molecule has 39 heavy (non-hydrogen) atoms. The lowest BCUT2D eigenvalue weighted by Gasteiger charge is -2.35. The number of carbonyl (C=O) groups is 1. The summed E-state index contributed by atoms with van der Waals surface area (Å²) in [4.78, 5) is 16.0. The van der Waals surface area contributed by atoms with Crippen molar-refractivity contribution in [3.05, 3.63) is 89.5 Å². The van der Waals surface area contributed by atoms with Crippen LogP contribution < -0.4 is 14.5 Å². The van der Waals surface area contributed by atoms with Crippen LogP contribution in [0.3, 0.4) is 0 Å². The summed E-state index contributed by atoms with van der Waals surface area (Å²) >= 11 is 0. The molecule has 1 aliphatic rings. The molecule has 0 N–H and O–H groups in total. The quantitative estimate of drug-likeness (QED) is 0.299. The van der Waals surface area contributed by atoms with Crippen molar-refractivity contribution < 1.29 is 49.0 Å². The summed E-state index contributed by atoms with van der Waals surface area (Å²) in [6, 6.07) is 10.1. The average Bonchev–Trinajstić information content (AvgIpc) is 3.02.